The van der Waals surface area contributed by atoms with Crippen LogP contribution in [0.2, 0.25) is 0 Å². The fourth-order valence-corrected chi connectivity index (χ4v) is 5.21. The summed E-state index contributed by atoms with van der Waals surface area (Å²) in [5, 5.41) is 12.1. The van der Waals surface area contributed by atoms with Crippen molar-refractivity contribution < 1.29 is 27.8 Å². The van der Waals surface area contributed by atoms with Gasteiger partial charge >= 0.3 is 6.09 Å². The summed E-state index contributed by atoms with van der Waals surface area (Å²) in [6.45, 7) is 5.93. The fraction of sp³-hybridized carbons (Fsp3) is 0.500. The SMILES string of the molecule is CC(C)(C)OC(=O)NC(CC(=O)N1CCCC1COc1ncccc1C#N)C1CCc2cc(F)c(F)cc21. The van der Waals surface area contributed by atoms with Crippen LogP contribution in [-0.2, 0) is 16.0 Å². The van der Waals surface area contributed by atoms with E-state index in [-0.39, 0.29) is 36.8 Å². The molecule has 2 heterocycles. The van der Waals surface area contributed by atoms with Crippen LogP contribution < -0.4 is 10.1 Å². The van der Waals surface area contributed by atoms with Crippen molar-refractivity contribution in [3.63, 3.8) is 0 Å². The Morgan fingerprint density at radius 1 is 1.26 bits per heavy atom. The number of hydrogen-bond donors (Lipinski definition) is 1. The van der Waals surface area contributed by atoms with E-state index in [1.165, 1.54) is 18.3 Å². The molecule has 0 saturated carbocycles. The smallest absolute Gasteiger partial charge is 0.407 e. The first kappa shape index (κ1) is 27.3. The third-order valence-corrected chi connectivity index (χ3v) is 6.89. The maximum Gasteiger partial charge on any atom is 0.407 e. The highest BCUT2D eigenvalue weighted by atomic mass is 19.2. The summed E-state index contributed by atoms with van der Waals surface area (Å²) < 4.78 is 39.2. The Morgan fingerprint density at radius 2 is 2.03 bits per heavy atom. The van der Waals surface area contributed by atoms with Crippen molar-refractivity contribution in [2.45, 2.75) is 76.5 Å². The quantitative estimate of drug-likeness (QED) is 0.565. The van der Waals surface area contributed by atoms with Crippen molar-refractivity contribution in [2.24, 2.45) is 0 Å². The van der Waals surface area contributed by atoms with Gasteiger partial charge in [-0.25, -0.2) is 18.6 Å². The molecule has 1 aromatic heterocycles. The Hall–Kier alpha value is -3.74. The van der Waals surface area contributed by atoms with Crippen LogP contribution in [0.5, 0.6) is 5.88 Å². The third-order valence-electron chi connectivity index (χ3n) is 6.89. The molecule has 2 amide bonds. The number of likely N-dealkylation sites (tertiary alicyclic amines) is 1. The molecule has 38 heavy (non-hydrogen) atoms. The lowest BCUT2D eigenvalue weighted by molar-refractivity contribution is -0.133. The number of nitrogens with zero attached hydrogens (tertiary/aromatic N) is 3. The summed E-state index contributed by atoms with van der Waals surface area (Å²) in [5.41, 5.74) is 0.840. The van der Waals surface area contributed by atoms with E-state index in [2.05, 4.69) is 10.3 Å². The predicted molar refractivity (Wildman–Crippen MR) is 134 cm³/mol. The Balaban J connectivity index is 1.50. The lowest BCUT2D eigenvalue weighted by Gasteiger charge is -2.30. The highest BCUT2D eigenvalue weighted by Crippen LogP contribution is 2.38. The lowest BCUT2D eigenvalue weighted by Crippen LogP contribution is -2.47. The van der Waals surface area contributed by atoms with E-state index in [1.54, 1.807) is 37.8 Å². The second-order valence-electron chi connectivity index (χ2n) is 10.7. The molecule has 2 aromatic rings. The molecule has 3 atom stereocenters. The molecule has 1 aromatic carbocycles. The molecule has 1 fully saturated rings. The molecule has 10 heteroatoms. The minimum Gasteiger partial charge on any atom is -0.475 e. The molecule has 2 aliphatic rings. The van der Waals surface area contributed by atoms with E-state index in [4.69, 9.17) is 9.47 Å². The van der Waals surface area contributed by atoms with Gasteiger partial charge in [0.15, 0.2) is 11.6 Å². The van der Waals surface area contributed by atoms with Gasteiger partial charge in [0.2, 0.25) is 11.8 Å². The van der Waals surface area contributed by atoms with Crippen LogP contribution in [0.3, 0.4) is 0 Å². The Kier molecular flexibility index (Phi) is 8.14. The number of rotatable bonds is 7. The number of carbonyl (C=O) groups is 2. The second-order valence-corrected chi connectivity index (χ2v) is 10.7. The highest BCUT2D eigenvalue weighted by Gasteiger charge is 2.37. The average Bonchev–Trinajstić information content (AvgIpc) is 3.48. The Morgan fingerprint density at radius 3 is 2.76 bits per heavy atom. The third kappa shape index (κ3) is 6.39. The molecular weight excluding hydrogens is 494 g/mol. The molecule has 0 bridgehead atoms. The summed E-state index contributed by atoms with van der Waals surface area (Å²) in [6, 6.07) is 6.77. The van der Waals surface area contributed by atoms with Gasteiger partial charge in [-0.1, -0.05) is 0 Å². The molecule has 1 aliphatic carbocycles. The summed E-state index contributed by atoms with van der Waals surface area (Å²) in [4.78, 5) is 32.1. The van der Waals surface area contributed by atoms with Crippen molar-refractivity contribution in [1.82, 2.24) is 15.2 Å². The molecule has 3 unspecified atom stereocenters. The van der Waals surface area contributed by atoms with Gasteiger partial charge in [0.05, 0.1) is 6.04 Å². The van der Waals surface area contributed by atoms with Crippen LogP contribution >= 0.6 is 0 Å². The van der Waals surface area contributed by atoms with Gasteiger partial charge in [0.1, 0.15) is 23.8 Å². The first-order chi connectivity index (χ1) is 18.1. The van der Waals surface area contributed by atoms with Crippen molar-refractivity contribution in [2.75, 3.05) is 13.2 Å². The van der Waals surface area contributed by atoms with Crippen LogP contribution in [-0.4, -0.2) is 52.7 Å². The van der Waals surface area contributed by atoms with Crippen molar-refractivity contribution >= 4 is 12.0 Å². The summed E-state index contributed by atoms with van der Waals surface area (Å²) in [6.07, 6.45) is 3.39. The topological polar surface area (TPSA) is 105 Å². The van der Waals surface area contributed by atoms with E-state index in [0.717, 1.165) is 12.8 Å². The van der Waals surface area contributed by atoms with Crippen molar-refractivity contribution in [3.05, 3.63) is 58.8 Å². The minimum absolute atomic E-state index is 0.0358. The standard InChI is InChI=1S/C28H32F2N4O4/c1-28(2,3)38-27(36)33-24(20-9-8-17-12-22(29)23(30)13-21(17)20)14-25(35)34-11-5-7-19(34)16-37-26-18(15-31)6-4-10-32-26/h4,6,10,12-13,19-20,24H,5,7-9,11,14,16H2,1-3H3,(H,33,36). The molecule has 1 N–H and O–H groups in total. The van der Waals surface area contributed by atoms with Gasteiger partial charge in [-0.15, -0.1) is 0 Å². The number of hydrogen-bond acceptors (Lipinski definition) is 6. The summed E-state index contributed by atoms with van der Waals surface area (Å²) in [7, 11) is 0. The number of pyridine rings is 1. The largest absolute Gasteiger partial charge is 0.475 e. The second kappa shape index (κ2) is 11.3. The molecule has 4 rings (SSSR count). The normalized spacial score (nSPS) is 19.4. The first-order valence-electron chi connectivity index (χ1n) is 12.8. The van der Waals surface area contributed by atoms with Crippen molar-refractivity contribution in [3.8, 4) is 11.9 Å². The molecule has 8 nitrogen and oxygen atoms in total. The van der Waals surface area contributed by atoms with Crippen LogP contribution in [0.1, 0.15) is 69.1 Å². The number of nitrogens with one attached hydrogen (secondary N) is 1. The van der Waals surface area contributed by atoms with Crippen LogP contribution in [0.25, 0.3) is 0 Å². The van der Waals surface area contributed by atoms with Gasteiger partial charge < -0.3 is 19.7 Å². The number of fused-ring (bicyclic) bond motifs is 1. The molecule has 0 spiro atoms. The number of aromatic nitrogens is 1. The predicted octanol–water partition coefficient (Wildman–Crippen LogP) is 4.61. The average molecular weight is 527 g/mol. The number of alkyl carbamates (subject to hydrolysis) is 1. The first-order valence-corrected chi connectivity index (χ1v) is 12.8. The van der Waals surface area contributed by atoms with Gasteiger partial charge in [0, 0.05) is 31.1 Å². The number of nitriles is 1. The number of carbonyl (C=O) groups excluding carboxylic acids is 2. The van der Waals surface area contributed by atoms with Gasteiger partial charge in [-0.2, -0.15) is 5.26 Å². The fourth-order valence-electron chi connectivity index (χ4n) is 5.21. The number of aryl methyl sites for hydroxylation is 1. The number of benzene rings is 1. The minimum atomic E-state index is -0.957. The molecule has 0 radical (unpaired) electrons. The zero-order valence-corrected chi connectivity index (χ0v) is 21.8. The van der Waals surface area contributed by atoms with Crippen LogP contribution in [0.4, 0.5) is 13.6 Å². The number of halogens is 2. The number of amides is 2. The summed E-state index contributed by atoms with van der Waals surface area (Å²) in [5.74, 6) is -2.21. The molecular formula is C28H32F2N4O4. The molecule has 202 valence electrons. The zero-order valence-electron chi connectivity index (χ0n) is 21.8. The summed E-state index contributed by atoms with van der Waals surface area (Å²) >= 11 is 0. The Bertz CT molecular complexity index is 1240. The maximum absolute atomic E-state index is 14.1. The Labute approximate surface area is 220 Å². The molecule has 1 aliphatic heterocycles. The van der Waals surface area contributed by atoms with Gasteiger partial charge in [0.25, 0.3) is 0 Å². The van der Waals surface area contributed by atoms with E-state index >= 15 is 0 Å². The zero-order chi connectivity index (χ0) is 27.4. The van der Waals surface area contributed by atoms with Crippen LogP contribution in [0.15, 0.2) is 30.5 Å². The van der Waals surface area contributed by atoms with Gasteiger partial charge in [-0.3, -0.25) is 4.79 Å². The van der Waals surface area contributed by atoms with Crippen LogP contribution in [0, 0.1) is 23.0 Å². The van der Waals surface area contributed by atoms with Gasteiger partial charge in [-0.05, 0) is 81.8 Å². The van der Waals surface area contributed by atoms with E-state index in [1.807, 2.05) is 6.07 Å². The highest BCUT2D eigenvalue weighted by molar-refractivity contribution is 5.79. The van der Waals surface area contributed by atoms with E-state index in [9.17, 15) is 23.6 Å². The lowest BCUT2D eigenvalue weighted by atomic mass is 9.90. The molecule has 1 saturated heterocycles. The van der Waals surface area contributed by atoms with E-state index in [0.29, 0.717) is 36.1 Å². The maximum atomic E-state index is 14.1. The van der Waals surface area contributed by atoms with E-state index < -0.39 is 29.4 Å². The van der Waals surface area contributed by atoms with Crippen molar-refractivity contribution in [1.29, 1.82) is 5.26 Å². The monoisotopic (exact) mass is 526 g/mol. The number of ether oxygens (including phenoxy) is 2.